The number of para-hydroxylation sites is 1. The van der Waals surface area contributed by atoms with Gasteiger partial charge in [0.15, 0.2) is 5.82 Å². The van der Waals surface area contributed by atoms with Crippen molar-refractivity contribution in [2.75, 3.05) is 16.8 Å². The standard InChI is InChI=1S/C29H27N7O2/c1-17-14-31-29(32-25-13-18(2)35(3)34-25)33-26(17)22-15-30-27-20(22)9-5-11-24(27)36-16-23-19(8-6-12-37)7-4-10-21(23)28(36)38/h4-11,13-15,30,37H,12,16H2,1-3H3,(H,31,32,33,34). The number of aryl methyl sites for hydroxylation is 3. The van der Waals surface area contributed by atoms with Gasteiger partial charge in [0.1, 0.15) is 0 Å². The second-order valence-electron chi connectivity index (χ2n) is 9.40. The summed E-state index contributed by atoms with van der Waals surface area (Å²) >= 11 is 0. The van der Waals surface area contributed by atoms with Crippen molar-refractivity contribution < 1.29 is 9.90 Å². The molecule has 0 aliphatic carbocycles. The fourth-order valence-corrected chi connectivity index (χ4v) is 4.96. The molecule has 2 aromatic carbocycles. The topological polar surface area (TPSA) is 112 Å². The fraction of sp³-hybridized carbons (Fsp3) is 0.172. The van der Waals surface area contributed by atoms with Crippen LogP contribution in [0.5, 0.6) is 0 Å². The molecule has 1 aliphatic rings. The van der Waals surface area contributed by atoms with Gasteiger partial charge in [0, 0.05) is 47.7 Å². The first-order valence-corrected chi connectivity index (χ1v) is 12.4. The van der Waals surface area contributed by atoms with Crippen LogP contribution in [-0.4, -0.2) is 42.4 Å². The third-order valence-corrected chi connectivity index (χ3v) is 6.97. The molecule has 3 aromatic heterocycles. The first kappa shape index (κ1) is 23.6. The number of fused-ring (bicyclic) bond motifs is 2. The molecule has 5 aromatic rings. The van der Waals surface area contributed by atoms with Crippen LogP contribution in [-0.2, 0) is 13.6 Å². The van der Waals surface area contributed by atoms with E-state index in [4.69, 9.17) is 4.98 Å². The second-order valence-corrected chi connectivity index (χ2v) is 9.40. The minimum absolute atomic E-state index is 0.0433. The Morgan fingerprint density at radius 1 is 1.16 bits per heavy atom. The van der Waals surface area contributed by atoms with Gasteiger partial charge >= 0.3 is 0 Å². The molecule has 1 aliphatic heterocycles. The summed E-state index contributed by atoms with van der Waals surface area (Å²) in [5.41, 5.74) is 7.93. The molecule has 0 atom stereocenters. The number of carbonyl (C=O) groups excluding carboxylic acids is 1. The van der Waals surface area contributed by atoms with E-state index in [-0.39, 0.29) is 12.5 Å². The molecule has 0 unspecified atom stereocenters. The van der Waals surface area contributed by atoms with Crippen LogP contribution in [0.1, 0.15) is 32.7 Å². The summed E-state index contributed by atoms with van der Waals surface area (Å²) in [6.07, 6.45) is 7.27. The normalized spacial score (nSPS) is 13.2. The van der Waals surface area contributed by atoms with Crippen LogP contribution in [0.4, 0.5) is 17.5 Å². The molecule has 3 N–H and O–H groups in total. The molecule has 0 bridgehead atoms. The van der Waals surface area contributed by atoms with E-state index in [1.54, 1.807) is 21.9 Å². The Balaban J connectivity index is 1.38. The average molecular weight is 506 g/mol. The van der Waals surface area contributed by atoms with Crippen molar-refractivity contribution in [3.05, 3.63) is 88.9 Å². The second kappa shape index (κ2) is 9.28. The van der Waals surface area contributed by atoms with Crippen molar-refractivity contribution in [1.82, 2.24) is 24.7 Å². The third kappa shape index (κ3) is 3.93. The lowest BCUT2D eigenvalue weighted by atomic mass is 10.0. The third-order valence-electron chi connectivity index (χ3n) is 6.97. The summed E-state index contributed by atoms with van der Waals surface area (Å²) in [5, 5.41) is 17.8. The van der Waals surface area contributed by atoms with Gasteiger partial charge in [-0.15, -0.1) is 0 Å². The number of aromatic amines is 1. The Labute approximate surface area is 219 Å². The van der Waals surface area contributed by atoms with Gasteiger partial charge in [-0.25, -0.2) is 9.97 Å². The Hall–Kier alpha value is -4.76. The SMILES string of the molecule is Cc1cnc(Nc2cc(C)n(C)n2)nc1-c1c[nH]c2c(N3Cc4c(C=CCO)cccc4C3=O)cccc12. The largest absolute Gasteiger partial charge is 0.392 e. The quantitative estimate of drug-likeness (QED) is 0.303. The fourth-order valence-electron chi connectivity index (χ4n) is 4.96. The molecule has 0 spiro atoms. The zero-order chi connectivity index (χ0) is 26.4. The van der Waals surface area contributed by atoms with E-state index < -0.39 is 0 Å². The Kier molecular flexibility index (Phi) is 5.77. The highest BCUT2D eigenvalue weighted by Crippen LogP contribution is 2.38. The summed E-state index contributed by atoms with van der Waals surface area (Å²) < 4.78 is 1.79. The van der Waals surface area contributed by atoms with Crippen LogP contribution in [0, 0.1) is 13.8 Å². The van der Waals surface area contributed by atoms with Crippen LogP contribution in [0.2, 0.25) is 0 Å². The molecular weight excluding hydrogens is 478 g/mol. The molecule has 0 fully saturated rings. The molecule has 1 amide bonds. The summed E-state index contributed by atoms with van der Waals surface area (Å²) in [6, 6.07) is 13.6. The van der Waals surface area contributed by atoms with E-state index in [1.165, 1.54) is 0 Å². The molecule has 4 heterocycles. The number of rotatable bonds is 6. The van der Waals surface area contributed by atoms with Gasteiger partial charge in [0.2, 0.25) is 5.95 Å². The lowest BCUT2D eigenvalue weighted by molar-refractivity contribution is 0.0997. The van der Waals surface area contributed by atoms with Crippen molar-refractivity contribution in [2.45, 2.75) is 20.4 Å². The number of anilines is 3. The van der Waals surface area contributed by atoms with E-state index in [0.717, 1.165) is 50.2 Å². The first-order valence-electron chi connectivity index (χ1n) is 12.4. The summed E-state index contributed by atoms with van der Waals surface area (Å²) in [7, 11) is 1.89. The number of hydrogen-bond donors (Lipinski definition) is 3. The number of aliphatic hydroxyl groups excluding tert-OH is 1. The maximum absolute atomic E-state index is 13.4. The van der Waals surface area contributed by atoms with Gasteiger partial charge in [0.25, 0.3) is 5.91 Å². The van der Waals surface area contributed by atoms with E-state index in [9.17, 15) is 9.90 Å². The zero-order valence-corrected chi connectivity index (χ0v) is 21.4. The van der Waals surface area contributed by atoms with E-state index in [0.29, 0.717) is 23.9 Å². The minimum Gasteiger partial charge on any atom is -0.392 e. The highest BCUT2D eigenvalue weighted by Gasteiger charge is 2.31. The number of nitrogens with one attached hydrogen (secondary N) is 2. The van der Waals surface area contributed by atoms with Gasteiger partial charge in [-0.2, -0.15) is 5.10 Å². The Morgan fingerprint density at radius 3 is 2.79 bits per heavy atom. The zero-order valence-electron chi connectivity index (χ0n) is 21.4. The maximum Gasteiger partial charge on any atom is 0.259 e. The van der Waals surface area contributed by atoms with Crippen LogP contribution < -0.4 is 10.2 Å². The number of benzene rings is 2. The predicted octanol–water partition coefficient (Wildman–Crippen LogP) is 4.88. The number of amides is 1. The van der Waals surface area contributed by atoms with Crippen molar-refractivity contribution in [1.29, 1.82) is 0 Å². The number of hydrogen-bond acceptors (Lipinski definition) is 6. The van der Waals surface area contributed by atoms with Gasteiger partial charge < -0.3 is 20.3 Å². The molecule has 0 radical (unpaired) electrons. The van der Waals surface area contributed by atoms with Crippen LogP contribution in [0.25, 0.3) is 28.2 Å². The van der Waals surface area contributed by atoms with Crippen molar-refractivity contribution in [3.8, 4) is 11.3 Å². The maximum atomic E-state index is 13.4. The lowest BCUT2D eigenvalue weighted by Crippen LogP contribution is -2.23. The monoisotopic (exact) mass is 505 g/mol. The van der Waals surface area contributed by atoms with Gasteiger partial charge in [0.05, 0.1) is 30.0 Å². The van der Waals surface area contributed by atoms with Gasteiger partial charge in [-0.05, 0) is 42.7 Å². The first-order chi connectivity index (χ1) is 18.4. The summed E-state index contributed by atoms with van der Waals surface area (Å²) in [4.78, 5) is 27.9. The van der Waals surface area contributed by atoms with Gasteiger partial charge in [-0.1, -0.05) is 36.4 Å². The van der Waals surface area contributed by atoms with Crippen LogP contribution in [0.3, 0.4) is 0 Å². The van der Waals surface area contributed by atoms with Crippen molar-refractivity contribution >= 4 is 40.3 Å². The summed E-state index contributed by atoms with van der Waals surface area (Å²) in [6.45, 7) is 4.37. The number of aliphatic hydroxyl groups is 1. The van der Waals surface area contributed by atoms with E-state index in [2.05, 4.69) is 20.4 Å². The number of carbonyl (C=O) groups is 1. The molecule has 0 saturated carbocycles. The number of aromatic nitrogens is 5. The summed E-state index contributed by atoms with van der Waals surface area (Å²) in [5.74, 6) is 1.10. The molecular formula is C29H27N7O2. The average Bonchev–Trinajstić information content (AvgIpc) is 3.59. The highest BCUT2D eigenvalue weighted by atomic mass is 16.2. The highest BCUT2D eigenvalue weighted by molar-refractivity contribution is 6.15. The molecule has 6 rings (SSSR count). The molecule has 0 saturated heterocycles. The molecule has 38 heavy (non-hydrogen) atoms. The number of nitrogens with zero attached hydrogens (tertiary/aromatic N) is 5. The van der Waals surface area contributed by atoms with Crippen LogP contribution in [0.15, 0.2) is 60.9 Å². The Bertz CT molecular complexity index is 1710. The minimum atomic E-state index is -0.0485. The van der Waals surface area contributed by atoms with Crippen LogP contribution >= 0.6 is 0 Å². The number of H-pyrrole nitrogens is 1. The van der Waals surface area contributed by atoms with Crippen molar-refractivity contribution in [2.24, 2.45) is 7.05 Å². The lowest BCUT2D eigenvalue weighted by Gasteiger charge is -2.17. The molecule has 9 heteroatoms. The van der Waals surface area contributed by atoms with Crippen molar-refractivity contribution in [3.63, 3.8) is 0 Å². The smallest absolute Gasteiger partial charge is 0.259 e. The van der Waals surface area contributed by atoms with Gasteiger partial charge in [-0.3, -0.25) is 9.48 Å². The van der Waals surface area contributed by atoms with E-state index in [1.807, 2.05) is 75.6 Å². The molecule has 9 nitrogen and oxygen atoms in total. The Morgan fingerprint density at radius 2 is 2.00 bits per heavy atom. The van der Waals surface area contributed by atoms with E-state index >= 15 is 0 Å². The molecule has 190 valence electrons. The predicted molar refractivity (Wildman–Crippen MR) is 148 cm³/mol.